The Morgan fingerprint density at radius 1 is 1.16 bits per heavy atom. The van der Waals surface area contributed by atoms with Crippen LogP contribution in [0.2, 0.25) is 5.02 Å². The van der Waals surface area contributed by atoms with E-state index in [9.17, 15) is 25.2 Å². The molecule has 2 aromatic rings. The molecule has 0 radical (unpaired) electrons. The first-order chi connectivity index (χ1) is 21.2. The molecule has 4 aliphatic rings. The van der Waals surface area contributed by atoms with Crippen LogP contribution in [-0.2, 0) is 30.1 Å². The summed E-state index contributed by atoms with van der Waals surface area (Å²) in [5, 5.41) is 45.9. The van der Waals surface area contributed by atoms with E-state index in [-0.39, 0.29) is 57.8 Å². The third-order valence-corrected chi connectivity index (χ3v) is 11.0. The van der Waals surface area contributed by atoms with Crippen LogP contribution in [0.1, 0.15) is 67.1 Å². The highest BCUT2D eigenvalue weighted by Gasteiger charge is 2.73. The number of carbonyl (C=O) groups excluding carboxylic acids is 1. The standard InChI is InChI=1S/C31H38BrClO12/c1-14-27(36)28(2,37)11-20(43-14)42-13-31(41-5)29(38,12-32)30(40-4)10-19(44-31)23-17(33)9-16-22(26(23)45-30)24(35)21-15(25(16)39-3)7-6-8-18(21)34/h9,14,19-20,27,35-38H,6-8,10-13H2,1-5H3/t14?,19?,20?,27?,28?,29-,30+,31?/m0/s1. The Hall–Kier alpha value is -1.78. The molecule has 2 fully saturated rings. The monoisotopic (exact) mass is 716 g/mol. The lowest BCUT2D eigenvalue weighted by atomic mass is 9.75. The number of benzene rings is 2. The van der Waals surface area contributed by atoms with Crippen LogP contribution < -0.4 is 9.47 Å². The second-order valence-corrected chi connectivity index (χ2v) is 13.4. The van der Waals surface area contributed by atoms with Gasteiger partial charge in [-0.2, -0.15) is 0 Å². The zero-order chi connectivity index (χ0) is 32.7. The van der Waals surface area contributed by atoms with E-state index >= 15 is 0 Å². The van der Waals surface area contributed by atoms with E-state index in [2.05, 4.69) is 15.9 Å². The maximum atomic E-state index is 13.1. The van der Waals surface area contributed by atoms with Crippen molar-refractivity contribution in [3.63, 3.8) is 0 Å². The molecule has 6 unspecified atom stereocenters. The first kappa shape index (κ1) is 33.1. The van der Waals surface area contributed by atoms with Crippen LogP contribution >= 0.6 is 27.5 Å². The third kappa shape index (κ3) is 4.65. The summed E-state index contributed by atoms with van der Waals surface area (Å²) in [4.78, 5) is 13.1. The smallest absolute Gasteiger partial charge is 0.248 e. The van der Waals surface area contributed by atoms with Gasteiger partial charge in [0.2, 0.25) is 11.6 Å². The molecule has 0 aromatic heterocycles. The molecule has 6 rings (SSSR count). The number of fused-ring (bicyclic) bond motifs is 7. The predicted octanol–water partition coefficient (Wildman–Crippen LogP) is 3.66. The fourth-order valence-corrected chi connectivity index (χ4v) is 8.58. The van der Waals surface area contributed by atoms with E-state index in [0.717, 1.165) is 0 Å². The quantitative estimate of drug-likeness (QED) is 0.308. The molecule has 0 saturated carbocycles. The number of carbonyl (C=O) groups is 1. The number of hydrogen-bond donors (Lipinski definition) is 4. The van der Waals surface area contributed by atoms with Gasteiger partial charge in [-0.25, -0.2) is 0 Å². The maximum Gasteiger partial charge on any atom is 0.248 e. The van der Waals surface area contributed by atoms with E-state index in [0.29, 0.717) is 35.1 Å². The molecule has 248 valence electrons. The third-order valence-electron chi connectivity index (χ3n) is 9.85. The van der Waals surface area contributed by atoms with Gasteiger partial charge in [0.05, 0.1) is 40.9 Å². The van der Waals surface area contributed by atoms with Crippen molar-refractivity contribution in [2.45, 2.75) is 93.3 Å². The molecule has 2 saturated heterocycles. The van der Waals surface area contributed by atoms with Gasteiger partial charge in [-0.1, -0.05) is 27.5 Å². The summed E-state index contributed by atoms with van der Waals surface area (Å²) in [6.45, 7) is 2.69. The molecule has 2 bridgehead atoms. The summed E-state index contributed by atoms with van der Waals surface area (Å²) in [6, 6.07) is 1.64. The van der Waals surface area contributed by atoms with Crippen LogP contribution in [0.4, 0.5) is 0 Å². The van der Waals surface area contributed by atoms with Crippen molar-refractivity contribution in [2.75, 3.05) is 33.3 Å². The summed E-state index contributed by atoms with van der Waals surface area (Å²) in [5.41, 5.74) is -2.49. The molecular formula is C31H38BrClO12. The van der Waals surface area contributed by atoms with E-state index in [1.807, 2.05) is 0 Å². The van der Waals surface area contributed by atoms with Crippen molar-refractivity contribution in [3.8, 4) is 17.2 Å². The summed E-state index contributed by atoms with van der Waals surface area (Å²) in [6.07, 6.45) is -2.44. The van der Waals surface area contributed by atoms with Gasteiger partial charge in [-0.05, 0) is 32.8 Å². The predicted molar refractivity (Wildman–Crippen MR) is 163 cm³/mol. The number of aliphatic hydroxyl groups is 3. The number of phenolic OH excluding ortho intramolecular Hbond substituents is 1. The fraction of sp³-hybridized carbons (Fsp3) is 0.645. The first-order valence-corrected chi connectivity index (χ1v) is 16.3. The topological polar surface area (TPSA) is 163 Å². The van der Waals surface area contributed by atoms with Crippen LogP contribution in [0.5, 0.6) is 17.2 Å². The van der Waals surface area contributed by atoms with Gasteiger partial charge in [0.1, 0.15) is 30.0 Å². The lowest BCUT2D eigenvalue weighted by Crippen LogP contribution is -2.78. The van der Waals surface area contributed by atoms with E-state index in [1.54, 1.807) is 13.0 Å². The highest BCUT2D eigenvalue weighted by atomic mass is 79.9. The van der Waals surface area contributed by atoms with Gasteiger partial charge in [0.15, 0.2) is 17.7 Å². The van der Waals surface area contributed by atoms with Crippen molar-refractivity contribution in [1.82, 2.24) is 0 Å². The number of rotatable bonds is 7. The normalized spacial score (nSPS) is 37.6. The maximum absolute atomic E-state index is 13.1. The second kappa shape index (κ2) is 11.4. The van der Waals surface area contributed by atoms with E-state index < -0.39 is 54.0 Å². The molecule has 8 atom stereocenters. The highest BCUT2D eigenvalue weighted by molar-refractivity contribution is 9.09. The Morgan fingerprint density at radius 2 is 1.89 bits per heavy atom. The Morgan fingerprint density at radius 3 is 2.51 bits per heavy atom. The number of hydrogen-bond acceptors (Lipinski definition) is 12. The summed E-state index contributed by atoms with van der Waals surface area (Å²) in [7, 11) is 4.19. The molecule has 2 aromatic carbocycles. The SMILES string of the molecule is COc1c2c(c(O)c3c4c(c(Cl)cc13)C1C[C@@](OC)(O4)[C@@](O)(CBr)C(COC3CC(C)(O)C(O)C(C)O3)(OC)O1)C(=O)CCC2. The van der Waals surface area contributed by atoms with E-state index in [1.165, 1.54) is 28.3 Å². The molecule has 4 N–H and O–H groups in total. The minimum atomic E-state index is -2.11. The molecule has 0 amide bonds. The Bertz CT molecular complexity index is 1530. The molecule has 45 heavy (non-hydrogen) atoms. The molecular weight excluding hydrogens is 680 g/mol. The zero-order valence-electron chi connectivity index (χ0n) is 25.6. The average Bonchev–Trinajstić information content (AvgIpc) is 3.00. The lowest BCUT2D eigenvalue weighted by molar-refractivity contribution is -0.448. The number of phenols is 1. The number of halogens is 2. The Kier molecular flexibility index (Phi) is 8.42. The first-order valence-electron chi connectivity index (χ1n) is 14.8. The van der Waals surface area contributed by atoms with Crippen molar-refractivity contribution < 1.29 is 58.4 Å². The molecule has 0 spiro atoms. The average molecular weight is 718 g/mol. The number of alkyl halides is 1. The summed E-state index contributed by atoms with van der Waals surface area (Å²) < 4.78 is 42.8. The van der Waals surface area contributed by atoms with Crippen LogP contribution in [0.25, 0.3) is 10.8 Å². The zero-order valence-corrected chi connectivity index (χ0v) is 28.0. The van der Waals surface area contributed by atoms with E-state index in [4.69, 9.17) is 44.8 Å². The number of aliphatic hydroxyl groups excluding tert-OH is 1. The van der Waals surface area contributed by atoms with Crippen LogP contribution in [0, 0.1) is 0 Å². The van der Waals surface area contributed by atoms with Crippen LogP contribution in [0.15, 0.2) is 6.07 Å². The van der Waals surface area contributed by atoms with Gasteiger partial charge in [0.25, 0.3) is 0 Å². The highest BCUT2D eigenvalue weighted by Crippen LogP contribution is 2.61. The summed E-state index contributed by atoms with van der Waals surface area (Å²) >= 11 is 10.3. The molecule has 1 aliphatic carbocycles. The molecule has 14 heteroatoms. The van der Waals surface area contributed by atoms with Gasteiger partial charge < -0.3 is 53.6 Å². The van der Waals surface area contributed by atoms with Gasteiger partial charge >= 0.3 is 0 Å². The molecule has 3 aliphatic heterocycles. The van der Waals surface area contributed by atoms with Crippen molar-refractivity contribution in [3.05, 3.63) is 27.8 Å². The van der Waals surface area contributed by atoms with Crippen LogP contribution in [-0.4, -0.2) is 101 Å². The Labute approximate surface area is 273 Å². The second-order valence-electron chi connectivity index (χ2n) is 12.4. The largest absolute Gasteiger partial charge is 0.506 e. The van der Waals surface area contributed by atoms with Crippen molar-refractivity contribution in [1.29, 1.82) is 0 Å². The fourth-order valence-electron chi connectivity index (χ4n) is 7.41. The number of methoxy groups -OCH3 is 3. The number of ketones is 1. The van der Waals surface area contributed by atoms with Crippen molar-refractivity contribution in [2.24, 2.45) is 0 Å². The Balaban J connectivity index is 1.50. The summed E-state index contributed by atoms with van der Waals surface area (Å²) in [5.74, 6) is -3.82. The lowest BCUT2D eigenvalue weighted by Gasteiger charge is -2.60. The molecule has 3 heterocycles. The van der Waals surface area contributed by atoms with Crippen molar-refractivity contribution >= 4 is 44.1 Å². The number of Topliss-reactive ketones (excluding diaryl/α,β-unsaturated/α-hetero) is 1. The minimum Gasteiger partial charge on any atom is -0.506 e. The van der Waals surface area contributed by atoms with Gasteiger partial charge in [0, 0.05) is 55.3 Å². The molecule has 12 nitrogen and oxygen atoms in total. The van der Waals surface area contributed by atoms with Gasteiger partial charge in [-0.3, -0.25) is 4.79 Å². The number of aromatic hydroxyl groups is 1. The van der Waals surface area contributed by atoms with Gasteiger partial charge in [-0.15, -0.1) is 0 Å². The number of ether oxygens (including phenoxy) is 7. The van der Waals surface area contributed by atoms with Crippen LogP contribution in [0.3, 0.4) is 0 Å². The minimum absolute atomic E-state index is 0.0332.